The van der Waals surface area contributed by atoms with E-state index in [2.05, 4.69) is 205 Å². The van der Waals surface area contributed by atoms with Crippen molar-refractivity contribution in [2.24, 2.45) is 0 Å². The number of nitrogens with zero attached hydrogens (tertiary/aromatic N) is 1. The van der Waals surface area contributed by atoms with Crippen molar-refractivity contribution >= 4 is 39.0 Å². The summed E-state index contributed by atoms with van der Waals surface area (Å²) in [5, 5.41) is 2.20. The Morgan fingerprint density at radius 2 is 0.941 bits per heavy atom. The average Bonchev–Trinajstić information content (AvgIpc) is 3.73. The minimum Gasteiger partial charge on any atom is -0.456 e. The van der Waals surface area contributed by atoms with Crippen LogP contribution < -0.4 is 4.90 Å². The Labute approximate surface area is 297 Å². The third-order valence-electron chi connectivity index (χ3n) is 10.5. The molecule has 0 atom stereocenters. The molecule has 9 aromatic rings. The van der Waals surface area contributed by atoms with Gasteiger partial charge in [0.15, 0.2) is 0 Å². The van der Waals surface area contributed by atoms with E-state index in [4.69, 9.17) is 4.42 Å². The zero-order chi connectivity index (χ0) is 33.8. The van der Waals surface area contributed by atoms with Gasteiger partial charge in [-0.05, 0) is 81.4 Å². The second-order valence-electron chi connectivity index (χ2n) is 13.2. The number of fused-ring (bicyclic) bond motifs is 6. The molecule has 0 aliphatic heterocycles. The fourth-order valence-electron chi connectivity index (χ4n) is 8.41. The number of benzene rings is 8. The van der Waals surface area contributed by atoms with Crippen molar-refractivity contribution in [2.45, 2.75) is 5.41 Å². The fourth-order valence-corrected chi connectivity index (χ4v) is 8.41. The standard InChI is InChI=1S/C49H33NO/c1-6-18-34(19-7-1)35-30-31-40-42(32-35)49(36-20-8-2-9-21-36,37-22-10-3-11-23-37)43-33-45-47(41-28-16-17-29-44(41)51-45)48(46(40)43)50(38-24-12-4-13-25-38)39-26-14-5-15-27-39/h1-33H. The van der Waals surface area contributed by atoms with Crippen LogP contribution in [0.4, 0.5) is 17.1 Å². The lowest BCUT2D eigenvalue weighted by Crippen LogP contribution is -2.28. The lowest BCUT2D eigenvalue weighted by molar-refractivity contribution is 0.666. The van der Waals surface area contributed by atoms with Crippen LogP contribution in [-0.4, -0.2) is 0 Å². The van der Waals surface area contributed by atoms with Crippen molar-refractivity contribution < 1.29 is 4.42 Å². The fraction of sp³-hybridized carbons (Fsp3) is 0.0204. The molecule has 0 saturated heterocycles. The van der Waals surface area contributed by atoms with E-state index in [-0.39, 0.29) is 0 Å². The Bertz CT molecular complexity index is 2580. The van der Waals surface area contributed by atoms with Gasteiger partial charge < -0.3 is 9.32 Å². The molecule has 0 amide bonds. The number of furan rings is 1. The van der Waals surface area contributed by atoms with Gasteiger partial charge in [0.25, 0.3) is 0 Å². The predicted octanol–water partition coefficient (Wildman–Crippen LogP) is 13.1. The Morgan fingerprint density at radius 3 is 1.55 bits per heavy atom. The van der Waals surface area contributed by atoms with Gasteiger partial charge in [-0.2, -0.15) is 0 Å². The number of para-hydroxylation sites is 3. The lowest BCUT2D eigenvalue weighted by atomic mass is 9.67. The summed E-state index contributed by atoms with van der Waals surface area (Å²) in [5.41, 5.74) is 14.1. The van der Waals surface area contributed by atoms with Crippen molar-refractivity contribution in [1.82, 2.24) is 0 Å². The van der Waals surface area contributed by atoms with Crippen LogP contribution >= 0.6 is 0 Å². The Morgan fingerprint density at radius 1 is 0.412 bits per heavy atom. The number of rotatable bonds is 6. The second kappa shape index (κ2) is 11.8. The maximum Gasteiger partial charge on any atom is 0.137 e. The molecule has 0 spiro atoms. The lowest BCUT2D eigenvalue weighted by Gasteiger charge is -2.35. The molecule has 240 valence electrons. The van der Waals surface area contributed by atoms with Crippen molar-refractivity contribution in [3.8, 4) is 22.3 Å². The highest BCUT2D eigenvalue weighted by Gasteiger charge is 2.48. The highest BCUT2D eigenvalue weighted by Crippen LogP contribution is 2.62. The maximum atomic E-state index is 6.87. The SMILES string of the molecule is c1ccc(-c2ccc3c(c2)C(c2ccccc2)(c2ccccc2)c2cc4oc5ccccc5c4c(N(c4ccccc4)c4ccccc4)c2-3)cc1. The molecule has 0 radical (unpaired) electrons. The molecular formula is C49H33NO. The van der Waals surface area contributed by atoms with Crippen LogP contribution in [0.25, 0.3) is 44.2 Å². The van der Waals surface area contributed by atoms with Crippen LogP contribution in [0.2, 0.25) is 0 Å². The Hall–Kier alpha value is -6.64. The predicted molar refractivity (Wildman–Crippen MR) is 211 cm³/mol. The Kier molecular flexibility index (Phi) is 6.75. The van der Waals surface area contributed by atoms with Gasteiger partial charge in [0.2, 0.25) is 0 Å². The molecule has 2 heteroatoms. The van der Waals surface area contributed by atoms with E-state index in [0.29, 0.717) is 0 Å². The van der Waals surface area contributed by atoms with Gasteiger partial charge in [-0.3, -0.25) is 0 Å². The van der Waals surface area contributed by atoms with Gasteiger partial charge in [-0.25, -0.2) is 0 Å². The number of hydrogen-bond acceptors (Lipinski definition) is 2. The first-order chi connectivity index (χ1) is 25.3. The molecule has 0 N–H and O–H groups in total. The summed E-state index contributed by atoms with van der Waals surface area (Å²) in [6.45, 7) is 0. The first kappa shape index (κ1) is 29.3. The third kappa shape index (κ3) is 4.43. The Balaban J connectivity index is 1.44. The van der Waals surface area contributed by atoms with Crippen molar-refractivity contribution in [3.05, 3.63) is 222 Å². The molecule has 0 unspecified atom stereocenters. The molecular weight excluding hydrogens is 619 g/mol. The minimum absolute atomic E-state index is 0.626. The molecule has 8 aromatic carbocycles. The molecule has 1 aliphatic rings. The molecule has 0 fully saturated rings. The minimum atomic E-state index is -0.626. The zero-order valence-electron chi connectivity index (χ0n) is 27.9. The summed E-state index contributed by atoms with van der Waals surface area (Å²) in [5.74, 6) is 0. The third-order valence-corrected chi connectivity index (χ3v) is 10.5. The van der Waals surface area contributed by atoms with Gasteiger partial charge in [0, 0.05) is 22.3 Å². The molecule has 10 rings (SSSR count). The smallest absolute Gasteiger partial charge is 0.137 e. The second-order valence-corrected chi connectivity index (χ2v) is 13.2. The number of anilines is 3. The highest BCUT2D eigenvalue weighted by atomic mass is 16.3. The normalized spacial score (nSPS) is 12.9. The van der Waals surface area contributed by atoms with E-state index in [1.165, 1.54) is 44.5 Å². The highest BCUT2D eigenvalue weighted by molar-refractivity contribution is 6.19. The van der Waals surface area contributed by atoms with Gasteiger partial charge >= 0.3 is 0 Å². The van der Waals surface area contributed by atoms with Gasteiger partial charge in [0.05, 0.1) is 16.5 Å². The van der Waals surface area contributed by atoms with Gasteiger partial charge in [0.1, 0.15) is 11.2 Å². The molecule has 0 bridgehead atoms. The van der Waals surface area contributed by atoms with E-state index in [0.717, 1.165) is 39.0 Å². The van der Waals surface area contributed by atoms with Crippen molar-refractivity contribution in [3.63, 3.8) is 0 Å². The first-order valence-electron chi connectivity index (χ1n) is 17.5. The van der Waals surface area contributed by atoms with Crippen LogP contribution in [0.1, 0.15) is 22.3 Å². The molecule has 0 saturated carbocycles. The van der Waals surface area contributed by atoms with Gasteiger partial charge in [-0.1, -0.05) is 158 Å². The summed E-state index contributed by atoms with van der Waals surface area (Å²) in [7, 11) is 0. The largest absolute Gasteiger partial charge is 0.456 e. The van der Waals surface area contributed by atoms with Crippen molar-refractivity contribution in [1.29, 1.82) is 0 Å². The van der Waals surface area contributed by atoms with E-state index in [1.54, 1.807) is 0 Å². The molecule has 51 heavy (non-hydrogen) atoms. The maximum absolute atomic E-state index is 6.87. The molecule has 1 heterocycles. The van der Waals surface area contributed by atoms with E-state index < -0.39 is 5.41 Å². The van der Waals surface area contributed by atoms with E-state index in [9.17, 15) is 0 Å². The molecule has 2 nitrogen and oxygen atoms in total. The molecule has 1 aliphatic carbocycles. The van der Waals surface area contributed by atoms with Crippen LogP contribution in [0.3, 0.4) is 0 Å². The summed E-state index contributed by atoms with van der Waals surface area (Å²) in [6, 6.07) is 72.1. The van der Waals surface area contributed by atoms with Gasteiger partial charge in [-0.15, -0.1) is 0 Å². The summed E-state index contributed by atoms with van der Waals surface area (Å²) >= 11 is 0. The summed E-state index contributed by atoms with van der Waals surface area (Å²) in [6.07, 6.45) is 0. The molecule has 1 aromatic heterocycles. The van der Waals surface area contributed by atoms with E-state index >= 15 is 0 Å². The quantitative estimate of drug-likeness (QED) is 0.178. The number of hydrogen-bond donors (Lipinski definition) is 0. The average molecular weight is 652 g/mol. The van der Waals surface area contributed by atoms with E-state index in [1.807, 2.05) is 0 Å². The van der Waals surface area contributed by atoms with Crippen LogP contribution in [0.15, 0.2) is 205 Å². The zero-order valence-corrected chi connectivity index (χ0v) is 27.9. The topological polar surface area (TPSA) is 16.4 Å². The summed E-state index contributed by atoms with van der Waals surface area (Å²) < 4.78 is 6.87. The first-order valence-corrected chi connectivity index (χ1v) is 17.5. The van der Waals surface area contributed by atoms with Crippen LogP contribution in [0, 0.1) is 0 Å². The van der Waals surface area contributed by atoms with Crippen molar-refractivity contribution in [2.75, 3.05) is 4.90 Å². The van der Waals surface area contributed by atoms with Crippen LogP contribution in [0.5, 0.6) is 0 Å². The monoisotopic (exact) mass is 651 g/mol. The van der Waals surface area contributed by atoms with Crippen LogP contribution in [-0.2, 0) is 5.41 Å². The summed E-state index contributed by atoms with van der Waals surface area (Å²) in [4.78, 5) is 2.43.